The highest BCUT2D eigenvalue weighted by Gasteiger charge is 2.14. The van der Waals surface area contributed by atoms with Crippen molar-refractivity contribution >= 4 is 34.2 Å². The summed E-state index contributed by atoms with van der Waals surface area (Å²) in [6, 6.07) is 20.6. The minimum absolute atomic E-state index is 0.0168. The van der Waals surface area contributed by atoms with Gasteiger partial charge in [0.05, 0.1) is 10.7 Å². The van der Waals surface area contributed by atoms with Crippen LogP contribution in [-0.2, 0) is 0 Å². The first-order valence-electron chi connectivity index (χ1n) is 9.77. The Kier molecular flexibility index (Phi) is 4.95. The van der Waals surface area contributed by atoms with Gasteiger partial charge in [-0.3, -0.25) is 4.79 Å². The summed E-state index contributed by atoms with van der Waals surface area (Å²) in [6.45, 7) is 2.02. The Hall–Kier alpha value is -3.97. The number of benzene rings is 3. The van der Waals surface area contributed by atoms with Gasteiger partial charge in [0, 0.05) is 11.3 Å². The second-order valence-electron chi connectivity index (χ2n) is 7.28. The van der Waals surface area contributed by atoms with Crippen LogP contribution in [0.3, 0.4) is 0 Å². The average Bonchev–Trinajstić information content (AvgIpc) is 3.43. The monoisotopic (exact) mass is 446 g/mol. The molecule has 3 aromatic carbocycles. The number of halogens is 2. The summed E-state index contributed by atoms with van der Waals surface area (Å²) in [5, 5.41) is 11.8. The van der Waals surface area contributed by atoms with E-state index in [-0.39, 0.29) is 10.8 Å². The van der Waals surface area contributed by atoms with Gasteiger partial charge in [0.1, 0.15) is 22.6 Å². The Labute approximate surface area is 187 Å². The zero-order chi connectivity index (χ0) is 22.2. The molecule has 0 unspecified atom stereocenters. The standard InChI is InChI=1S/C24H16ClFN4O2/c1-14-2-6-17(7-3-14)30-28-20-9-5-16(13-21(20)29-30)27-24(31)23-11-10-22(32-23)15-4-8-19(26)18(25)12-15/h2-13H,1H3,(H,27,31). The van der Waals surface area contributed by atoms with Crippen LogP contribution in [0.25, 0.3) is 28.0 Å². The van der Waals surface area contributed by atoms with E-state index in [9.17, 15) is 9.18 Å². The van der Waals surface area contributed by atoms with E-state index in [1.165, 1.54) is 18.2 Å². The largest absolute Gasteiger partial charge is 0.451 e. The Morgan fingerprint density at radius 3 is 2.53 bits per heavy atom. The topological polar surface area (TPSA) is 73.0 Å². The maximum absolute atomic E-state index is 13.4. The lowest BCUT2D eigenvalue weighted by molar-refractivity contribution is 0.0997. The predicted molar refractivity (Wildman–Crippen MR) is 121 cm³/mol. The highest BCUT2D eigenvalue weighted by molar-refractivity contribution is 6.31. The van der Waals surface area contributed by atoms with Crippen molar-refractivity contribution in [2.24, 2.45) is 0 Å². The molecule has 0 aliphatic heterocycles. The van der Waals surface area contributed by atoms with Gasteiger partial charge in [0.15, 0.2) is 5.76 Å². The van der Waals surface area contributed by atoms with Crippen molar-refractivity contribution in [1.82, 2.24) is 15.0 Å². The van der Waals surface area contributed by atoms with Gasteiger partial charge in [-0.2, -0.15) is 4.80 Å². The lowest BCUT2D eigenvalue weighted by Gasteiger charge is -2.03. The van der Waals surface area contributed by atoms with Crippen molar-refractivity contribution in [2.45, 2.75) is 6.92 Å². The van der Waals surface area contributed by atoms with Gasteiger partial charge < -0.3 is 9.73 Å². The Balaban J connectivity index is 1.36. The summed E-state index contributed by atoms with van der Waals surface area (Å²) < 4.78 is 19.0. The number of nitrogens with zero attached hydrogens (tertiary/aromatic N) is 3. The second kappa shape index (κ2) is 7.94. The number of carbonyl (C=O) groups excluding carboxylic acids is 1. The summed E-state index contributed by atoms with van der Waals surface area (Å²) in [6.07, 6.45) is 0. The number of anilines is 1. The Morgan fingerprint density at radius 2 is 1.75 bits per heavy atom. The fourth-order valence-corrected chi connectivity index (χ4v) is 3.42. The molecule has 0 aliphatic carbocycles. The molecule has 1 N–H and O–H groups in total. The summed E-state index contributed by atoms with van der Waals surface area (Å²) in [5.41, 5.74) is 4.48. The molecule has 0 aliphatic rings. The number of hydrogen-bond donors (Lipinski definition) is 1. The Bertz CT molecular complexity index is 1460. The number of carbonyl (C=O) groups is 1. The third-order valence-electron chi connectivity index (χ3n) is 4.94. The summed E-state index contributed by atoms with van der Waals surface area (Å²) >= 11 is 5.83. The fourth-order valence-electron chi connectivity index (χ4n) is 3.24. The summed E-state index contributed by atoms with van der Waals surface area (Å²) in [7, 11) is 0. The zero-order valence-electron chi connectivity index (χ0n) is 16.8. The maximum atomic E-state index is 13.4. The number of aryl methyl sites for hydroxylation is 1. The van der Waals surface area contributed by atoms with Crippen molar-refractivity contribution < 1.29 is 13.6 Å². The molecule has 0 atom stereocenters. The van der Waals surface area contributed by atoms with Crippen molar-refractivity contribution in [1.29, 1.82) is 0 Å². The first kappa shape index (κ1) is 20.0. The van der Waals surface area contributed by atoms with Crippen LogP contribution in [0, 0.1) is 12.7 Å². The first-order valence-corrected chi connectivity index (χ1v) is 10.1. The van der Waals surface area contributed by atoms with Gasteiger partial charge >= 0.3 is 0 Å². The third kappa shape index (κ3) is 3.86. The maximum Gasteiger partial charge on any atom is 0.291 e. The molecule has 8 heteroatoms. The summed E-state index contributed by atoms with van der Waals surface area (Å²) in [5.74, 6) is -0.415. The molecule has 0 spiro atoms. The molecule has 0 saturated heterocycles. The minimum atomic E-state index is -0.519. The van der Waals surface area contributed by atoms with Gasteiger partial charge in [-0.15, -0.1) is 10.2 Å². The van der Waals surface area contributed by atoms with Gasteiger partial charge in [-0.25, -0.2) is 4.39 Å². The number of rotatable bonds is 4. The van der Waals surface area contributed by atoms with Crippen molar-refractivity contribution in [2.75, 3.05) is 5.32 Å². The molecule has 5 rings (SSSR count). The second-order valence-corrected chi connectivity index (χ2v) is 7.68. The van der Waals surface area contributed by atoms with Crippen LogP contribution in [0.1, 0.15) is 16.1 Å². The molecule has 0 radical (unpaired) electrons. The molecular weight excluding hydrogens is 431 g/mol. The molecule has 0 fully saturated rings. The van der Waals surface area contributed by atoms with Crippen LogP contribution in [0.15, 0.2) is 77.2 Å². The quantitative estimate of drug-likeness (QED) is 0.365. The third-order valence-corrected chi connectivity index (χ3v) is 5.23. The number of hydrogen-bond acceptors (Lipinski definition) is 4. The van der Waals surface area contributed by atoms with E-state index in [0.29, 0.717) is 28.0 Å². The smallest absolute Gasteiger partial charge is 0.291 e. The van der Waals surface area contributed by atoms with Crippen LogP contribution in [0.2, 0.25) is 5.02 Å². The van der Waals surface area contributed by atoms with Crippen molar-refractivity contribution in [3.05, 3.63) is 95.0 Å². The lowest BCUT2D eigenvalue weighted by Crippen LogP contribution is -2.10. The molecule has 0 saturated carbocycles. The van der Waals surface area contributed by atoms with Gasteiger partial charge in [-0.05, 0) is 67.6 Å². The molecule has 0 bridgehead atoms. The molecule has 32 heavy (non-hydrogen) atoms. The number of furan rings is 1. The van der Waals surface area contributed by atoms with Crippen molar-refractivity contribution in [3.8, 4) is 17.0 Å². The van der Waals surface area contributed by atoms with Crippen LogP contribution in [-0.4, -0.2) is 20.9 Å². The van der Waals surface area contributed by atoms with E-state index >= 15 is 0 Å². The highest BCUT2D eigenvalue weighted by Crippen LogP contribution is 2.27. The van der Waals surface area contributed by atoms with E-state index in [4.69, 9.17) is 16.0 Å². The first-order chi connectivity index (χ1) is 15.5. The van der Waals surface area contributed by atoms with Crippen LogP contribution in [0.4, 0.5) is 10.1 Å². The molecule has 2 heterocycles. The highest BCUT2D eigenvalue weighted by atomic mass is 35.5. The van der Waals surface area contributed by atoms with Gasteiger partial charge in [0.2, 0.25) is 0 Å². The lowest BCUT2D eigenvalue weighted by atomic mass is 10.2. The SMILES string of the molecule is Cc1ccc(-n2nc3ccc(NC(=O)c4ccc(-c5ccc(F)c(Cl)c5)o4)cc3n2)cc1. The zero-order valence-corrected chi connectivity index (χ0v) is 17.6. The molecule has 158 valence electrons. The van der Waals surface area contributed by atoms with E-state index in [0.717, 1.165) is 11.3 Å². The number of nitrogens with one attached hydrogen (secondary N) is 1. The minimum Gasteiger partial charge on any atom is -0.451 e. The molecular formula is C24H16ClFN4O2. The van der Waals surface area contributed by atoms with Crippen LogP contribution in [0.5, 0.6) is 0 Å². The van der Waals surface area contributed by atoms with E-state index in [2.05, 4.69) is 15.5 Å². The Morgan fingerprint density at radius 1 is 0.969 bits per heavy atom. The molecule has 1 amide bonds. The predicted octanol–water partition coefficient (Wildman–Crippen LogP) is 6.03. The van der Waals surface area contributed by atoms with E-state index in [1.54, 1.807) is 35.1 Å². The van der Waals surface area contributed by atoms with Crippen LogP contribution >= 0.6 is 11.6 Å². The van der Waals surface area contributed by atoms with Crippen LogP contribution < -0.4 is 5.32 Å². The molecule has 5 aromatic rings. The van der Waals surface area contributed by atoms with Gasteiger partial charge in [-0.1, -0.05) is 29.3 Å². The normalized spacial score (nSPS) is 11.1. The van der Waals surface area contributed by atoms with Crippen molar-refractivity contribution in [3.63, 3.8) is 0 Å². The van der Waals surface area contributed by atoms with Gasteiger partial charge in [0.25, 0.3) is 5.91 Å². The molecule has 2 aromatic heterocycles. The van der Waals surface area contributed by atoms with E-state index < -0.39 is 11.7 Å². The molecule has 6 nitrogen and oxygen atoms in total. The van der Waals surface area contributed by atoms with E-state index in [1.807, 2.05) is 31.2 Å². The fraction of sp³-hybridized carbons (Fsp3) is 0.0417. The summed E-state index contributed by atoms with van der Waals surface area (Å²) in [4.78, 5) is 14.2. The number of amides is 1. The number of aromatic nitrogens is 3. The number of fused-ring (bicyclic) bond motifs is 1. The average molecular weight is 447 g/mol.